The molecule has 2 aromatic rings. The molecule has 0 fully saturated rings. The van der Waals surface area contributed by atoms with Crippen LogP contribution in [-0.4, -0.2) is 5.78 Å². The molecule has 2 aromatic carbocycles. The summed E-state index contributed by atoms with van der Waals surface area (Å²) in [6.45, 7) is 0. The van der Waals surface area contributed by atoms with E-state index in [-0.39, 0.29) is 17.8 Å². The van der Waals surface area contributed by atoms with Gasteiger partial charge in [-0.3, -0.25) is 4.79 Å². The second-order valence-electron chi connectivity index (χ2n) is 4.59. The highest BCUT2D eigenvalue weighted by Gasteiger charge is 2.33. The van der Waals surface area contributed by atoms with Gasteiger partial charge in [0.25, 0.3) is 0 Å². The molecule has 19 heavy (non-hydrogen) atoms. The highest BCUT2D eigenvalue weighted by atomic mass is 19.1. The number of fused-ring (bicyclic) bond motifs is 1. The Labute approximate surface area is 107 Å². The first-order valence-corrected chi connectivity index (χ1v) is 5.84. The van der Waals surface area contributed by atoms with E-state index in [1.807, 2.05) is 0 Å². The van der Waals surface area contributed by atoms with E-state index >= 15 is 0 Å². The molecule has 0 bridgehead atoms. The Bertz CT molecular complexity index is 679. The third kappa shape index (κ3) is 1.93. The van der Waals surface area contributed by atoms with Gasteiger partial charge >= 0.3 is 0 Å². The summed E-state index contributed by atoms with van der Waals surface area (Å²) in [4.78, 5) is 12.2. The van der Waals surface area contributed by atoms with E-state index in [2.05, 4.69) is 0 Å². The van der Waals surface area contributed by atoms with Crippen molar-refractivity contribution >= 4 is 5.78 Å². The zero-order chi connectivity index (χ0) is 13.6. The lowest BCUT2D eigenvalue weighted by Crippen LogP contribution is -2.09. The predicted molar refractivity (Wildman–Crippen MR) is 63.5 cm³/mol. The molecule has 3 rings (SSSR count). The molecule has 0 N–H and O–H groups in total. The number of hydrogen-bond donors (Lipinski definition) is 0. The third-order valence-electron chi connectivity index (χ3n) is 3.41. The predicted octanol–water partition coefficient (Wildman–Crippen LogP) is 3.63. The first-order valence-electron chi connectivity index (χ1n) is 5.84. The molecule has 0 spiro atoms. The monoisotopic (exact) mass is 262 g/mol. The number of halogens is 3. The summed E-state index contributed by atoms with van der Waals surface area (Å²) in [6, 6.07) is 7.06. The summed E-state index contributed by atoms with van der Waals surface area (Å²) >= 11 is 0. The third-order valence-corrected chi connectivity index (χ3v) is 3.41. The van der Waals surface area contributed by atoms with Crippen molar-refractivity contribution in [3.8, 4) is 0 Å². The minimum Gasteiger partial charge on any atom is -0.293 e. The normalized spacial score (nSPS) is 17.6. The zero-order valence-electron chi connectivity index (χ0n) is 9.79. The first kappa shape index (κ1) is 12.0. The molecule has 0 heterocycles. The summed E-state index contributed by atoms with van der Waals surface area (Å²) < 4.78 is 39.7. The number of carbonyl (C=O) groups is 1. The van der Waals surface area contributed by atoms with E-state index in [4.69, 9.17) is 0 Å². The van der Waals surface area contributed by atoms with Crippen LogP contribution >= 0.6 is 0 Å². The van der Waals surface area contributed by atoms with Gasteiger partial charge in [-0.2, -0.15) is 0 Å². The van der Waals surface area contributed by atoms with Gasteiger partial charge in [0.05, 0.1) is 5.92 Å². The first-order chi connectivity index (χ1) is 9.06. The molecule has 1 aliphatic carbocycles. The van der Waals surface area contributed by atoms with Crippen LogP contribution < -0.4 is 0 Å². The molecule has 96 valence electrons. The van der Waals surface area contributed by atoms with Crippen LogP contribution in [0.25, 0.3) is 0 Å². The number of rotatable bonds is 1. The minimum atomic E-state index is -0.744. The maximum Gasteiger partial charge on any atom is 0.171 e. The van der Waals surface area contributed by atoms with E-state index in [1.54, 1.807) is 0 Å². The number of hydrogen-bond acceptors (Lipinski definition) is 1. The lowest BCUT2D eigenvalue weighted by atomic mass is 9.95. The molecule has 0 saturated carbocycles. The summed E-state index contributed by atoms with van der Waals surface area (Å²) in [5, 5.41) is 0. The van der Waals surface area contributed by atoms with Crippen LogP contribution in [0.4, 0.5) is 13.2 Å². The molecule has 1 nitrogen and oxygen atoms in total. The van der Waals surface area contributed by atoms with Crippen molar-refractivity contribution in [2.75, 3.05) is 0 Å². The Morgan fingerprint density at radius 1 is 0.947 bits per heavy atom. The van der Waals surface area contributed by atoms with Gasteiger partial charge in [0.2, 0.25) is 0 Å². The largest absolute Gasteiger partial charge is 0.293 e. The van der Waals surface area contributed by atoms with Crippen LogP contribution in [0.2, 0.25) is 0 Å². The van der Waals surface area contributed by atoms with Crippen LogP contribution in [0.3, 0.4) is 0 Å². The van der Waals surface area contributed by atoms with Crippen molar-refractivity contribution in [2.24, 2.45) is 0 Å². The van der Waals surface area contributed by atoms with Crippen molar-refractivity contribution in [2.45, 2.75) is 12.3 Å². The van der Waals surface area contributed by atoms with Crippen LogP contribution in [0.15, 0.2) is 36.4 Å². The SMILES string of the molecule is O=C1c2ccc(F)cc2CC1c1ccc(F)cc1F. The van der Waals surface area contributed by atoms with Gasteiger partial charge in [0.15, 0.2) is 5.78 Å². The average molecular weight is 262 g/mol. The summed E-state index contributed by atoms with van der Waals surface area (Å²) in [5.74, 6) is -2.80. The molecule has 0 aliphatic heterocycles. The van der Waals surface area contributed by atoms with Crippen molar-refractivity contribution in [3.63, 3.8) is 0 Å². The molecule has 1 unspecified atom stereocenters. The van der Waals surface area contributed by atoms with E-state index in [0.29, 0.717) is 11.1 Å². The molecular formula is C15H9F3O. The molecule has 1 aliphatic rings. The lowest BCUT2D eigenvalue weighted by Gasteiger charge is -2.09. The smallest absolute Gasteiger partial charge is 0.171 e. The van der Waals surface area contributed by atoms with E-state index < -0.39 is 23.4 Å². The molecule has 0 radical (unpaired) electrons. The second-order valence-corrected chi connectivity index (χ2v) is 4.59. The van der Waals surface area contributed by atoms with Crippen molar-refractivity contribution in [1.82, 2.24) is 0 Å². The fourth-order valence-electron chi connectivity index (χ4n) is 2.51. The Balaban J connectivity index is 2.04. The van der Waals surface area contributed by atoms with E-state index in [1.165, 1.54) is 24.3 Å². The van der Waals surface area contributed by atoms with Gasteiger partial charge in [-0.15, -0.1) is 0 Å². The lowest BCUT2D eigenvalue weighted by molar-refractivity contribution is 0.0971. The molecule has 4 heteroatoms. The summed E-state index contributed by atoms with van der Waals surface area (Å²) in [5.41, 5.74) is 1.14. The minimum absolute atomic E-state index is 0.156. The quantitative estimate of drug-likeness (QED) is 0.767. The molecule has 0 aromatic heterocycles. The van der Waals surface area contributed by atoms with Crippen LogP contribution in [-0.2, 0) is 6.42 Å². The fraction of sp³-hybridized carbons (Fsp3) is 0.133. The van der Waals surface area contributed by atoms with E-state index in [9.17, 15) is 18.0 Å². The van der Waals surface area contributed by atoms with Crippen molar-refractivity contribution in [3.05, 3.63) is 70.5 Å². The van der Waals surface area contributed by atoms with Crippen LogP contribution in [0, 0.1) is 17.5 Å². The number of Topliss-reactive ketones (excluding diaryl/α,β-unsaturated/α-hetero) is 1. The maximum atomic E-state index is 13.7. The van der Waals surface area contributed by atoms with Gasteiger partial charge in [0, 0.05) is 11.6 Å². The Morgan fingerprint density at radius 2 is 1.63 bits per heavy atom. The number of ketones is 1. The Morgan fingerprint density at radius 3 is 2.37 bits per heavy atom. The Kier molecular flexibility index (Phi) is 2.66. The highest BCUT2D eigenvalue weighted by molar-refractivity contribution is 6.05. The average Bonchev–Trinajstić information content (AvgIpc) is 2.66. The zero-order valence-corrected chi connectivity index (χ0v) is 9.79. The van der Waals surface area contributed by atoms with Gasteiger partial charge in [-0.25, -0.2) is 13.2 Å². The topological polar surface area (TPSA) is 17.1 Å². The van der Waals surface area contributed by atoms with Crippen LogP contribution in [0.1, 0.15) is 27.4 Å². The van der Waals surface area contributed by atoms with Gasteiger partial charge in [-0.05, 0) is 41.8 Å². The van der Waals surface area contributed by atoms with Gasteiger partial charge in [-0.1, -0.05) is 6.07 Å². The highest BCUT2D eigenvalue weighted by Crippen LogP contribution is 2.35. The summed E-state index contributed by atoms with van der Waals surface area (Å²) in [7, 11) is 0. The van der Waals surface area contributed by atoms with Crippen LogP contribution in [0.5, 0.6) is 0 Å². The maximum absolute atomic E-state index is 13.7. The number of carbonyl (C=O) groups excluding carboxylic acids is 1. The van der Waals surface area contributed by atoms with E-state index in [0.717, 1.165) is 12.1 Å². The fourth-order valence-corrected chi connectivity index (χ4v) is 2.51. The number of benzene rings is 2. The molecule has 0 saturated heterocycles. The van der Waals surface area contributed by atoms with Gasteiger partial charge in [0.1, 0.15) is 17.5 Å². The molecule has 1 atom stereocenters. The van der Waals surface area contributed by atoms with Gasteiger partial charge < -0.3 is 0 Å². The molecular weight excluding hydrogens is 253 g/mol. The van der Waals surface area contributed by atoms with Crippen molar-refractivity contribution in [1.29, 1.82) is 0 Å². The summed E-state index contributed by atoms with van der Waals surface area (Å²) in [6.07, 6.45) is 0.245. The standard InChI is InChI=1S/C15H9F3O/c16-9-1-3-11-8(5-9)6-13(15(11)19)12-4-2-10(17)7-14(12)18/h1-5,7,13H,6H2. The Hall–Kier alpha value is -2.10. The molecule has 0 amide bonds. The second kappa shape index (κ2) is 4.23. The van der Waals surface area contributed by atoms with Crippen molar-refractivity contribution < 1.29 is 18.0 Å².